The van der Waals surface area contributed by atoms with Gasteiger partial charge in [-0.15, -0.1) is 35.3 Å². The first kappa shape index (κ1) is 24.3. The summed E-state index contributed by atoms with van der Waals surface area (Å²) in [6.07, 6.45) is 5.23. The number of nitrogens with zero attached hydrogens (tertiary/aromatic N) is 4. The van der Waals surface area contributed by atoms with Crippen molar-refractivity contribution in [3.63, 3.8) is 0 Å². The van der Waals surface area contributed by atoms with E-state index in [2.05, 4.69) is 38.5 Å². The highest BCUT2D eigenvalue weighted by molar-refractivity contribution is 14.0. The third-order valence-electron chi connectivity index (χ3n) is 4.89. The summed E-state index contributed by atoms with van der Waals surface area (Å²) in [5.41, 5.74) is 6.52. The highest BCUT2D eigenvalue weighted by Gasteiger charge is 2.24. The molecule has 8 nitrogen and oxygen atoms in total. The van der Waals surface area contributed by atoms with Gasteiger partial charge in [-0.05, 0) is 32.8 Å². The van der Waals surface area contributed by atoms with Crippen molar-refractivity contribution in [2.45, 2.75) is 39.8 Å². The lowest BCUT2D eigenvalue weighted by molar-refractivity contribution is -0.122. The molecule has 0 aromatic carbocycles. The Morgan fingerprint density at radius 3 is 2.73 bits per heavy atom. The van der Waals surface area contributed by atoms with Gasteiger partial charge in [-0.25, -0.2) is 15.0 Å². The van der Waals surface area contributed by atoms with E-state index in [1.54, 1.807) is 17.5 Å². The predicted octanol–water partition coefficient (Wildman–Crippen LogP) is 2.42. The number of aliphatic imine (C=N–C) groups is 1. The molecule has 30 heavy (non-hydrogen) atoms. The van der Waals surface area contributed by atoms with Gasteiger partial charge in [0.05, 0.1) is 13.1 Å². The van der Waals surface area contributed by atoms with Crippen LogP contribution in [0.1, 0.15) is 35.2 Å². The molecule has 4 N–H and O–H groups in total. The van der Waals surface area contributed by atoms with E-state index in [4.69, 9.17) is 10.7 Å². The number of thiazole rings is 1. The minimum atomic E-state index is -0.202. The van der Waals surface area contributed by atoms with Crippen LogP contribution >= 0.6 is 35.3 Å². The van der Waals surface area contributed by atoms with Crippen LogP contribution in [-0.2, 0) is 17.9 Å². The molecule has 1 fully saturated rings. The van der Waals surface area contributed by atoms with Crippen molar-refractivity contribution < 1.29 is 4.79 Å². The van der Waals surface area contributed by atoms with Gasteiger partial charge in [0.25, 0.3) is 0 Å². The first-order chi connectivity index (χ1) is 14.1. The van der Waals surface area contributed by atoms with E-state index in [9.17, 15) is 4.79 Å². The first-order valence-corrected chi connectivity index (χ1v) is 10.8. The van der Waals surface area contributed by atoms with Crippen molar-refractivity contribution in [2.24, 2.45) is 16.6 Å². The number of carbonyl (C=O) groups is 1. The van der Waals surface area contributed by atoms with Crippen molar-refractivity contribution in [2.75, 3.05) is 24.5 Å². The average molecular weight is 543 g/mol. The maximum Gasteiger partial charge on any atom is 0.220 e. The lowest BCUT2D eigenvalue weighted by Gasteiger charge is -2.32. The van der Waals surface area contributed by atoms with Crippen LogP contribution in [0.4, 0.5) is 5.82 Å². The third-order valence-corrected chi connectivity index (χ3v) is 5.81. The summed E-state index contributed by atoms with van der Waals surface area (Å²) in [4.78, 5) is 28.5. The van der Waals surface area contributed by atoms with Crippen molar-refractivity contribution in [3.8, 4) is 0 Å². The summed E-state index contributed by atoms with van der Waals surface area (Å²) in [6, 6.07) is 3.99. The van der Waals surface area contributed by atoms with E-state index in [1.807, 2.05) is 19.2 Å². The Kier molecular flexibility index (Phi) is 9.76. The van der Waals surface area contributed by atoms with Crippen LogP contribution in [0.2, 0.25) is 0 Å². The summed E-state index contributed by atoms with van der Waals surface area (Å²) in [7, 11) is 0. The lowest BCUT2D eigenvalue weighted by atomic mass is 9.96. The Bertz CT molecular complexity index is 849. The van der Waals surface area contributed by atoms with Crippen molar-refractivity contribution >= 4 is 53.0 Å². The summed E-state index contributed by atoms with van der Waals surface area (Å²) in [5, 5.41) is 7.65. The van der Waals surface area contributed by atoms with Crippen molar-refractivity contribution in [1.82, 2.24) is 20.6 Å². The normalized spacial score (nSPS) is 14.9. The number of hydrogen-bond acceptors (Lipinski definition) is 6. The molecule has 0 atom stereocenters. The number of rotatable bonds is 7. The molecule has 1 saturated heterocycles. The molecular weight excluding hydrogens is 513 g/mol. The van der Waals surface area contributed by atoms with Gasteiger partial charge in [0.15, 0.2) is 5.96 Å². The molecular formula is C20H30IN7OS. The number of guanidine groups is 1. The molecule has 0 bridgehead atoms. The standard InChI is InChI=1S/C20H29N7OS.HI/c1-3-22-20(26-13-17-24-11-14(2)29-17)25-12-16-5-4-8-23-19(16)27-9-6-15(7-10-27)18(21)28;/h4-5,8,11,15H,3,6-7,9-10,12-13H2,1-2H3,(H2,21,28)(H2,22,25,26);1H. The molecule has 0 radical (unpaired) electrons. The Balaban J connectivity index is 0.00000320. The molecule has 164 valence electrons. The molecule has 0 spiro atoms. The maximum atomic E-state index is 11.4. The molecule has 3 heterocycles. The maximum absolute atomic E-state index is 11.4. The van der Waals surface area contributed by atoms with Gasteiger partial charge in [0.1, 0.15) is 10.8 Å². The minimum Gasteiger partial charge on any atom is -0.369 e. The number of aromatic nitrogens is 2. The van der Waals surface area contributed by atoms with Crippen LogP contribution in [0.15, 0.2) is 29.5 Å². The molecule has 3 rings (SSSR count). The fourth-order valence-electron chi connectivity index (χ4n) is 3.36. The van der Waals surface area contributed by atoms with Gasteiger partial charge < -0.3 is 21.3 Å². The number of carbonyl (C=O) groups excluding carboxylic acids is 1. The zero-order valence-corrected chi connectivity index (χ0v) is 20.6. The Morgan fingerprint density at radius 1 is 1.33 bits per heavy atom. The van der Waals surface area contributed by atoms with E-state index in [0.717, 1.165) is 54.8 Å². The molecule has 10 heteroatoms. The number of nitrogens with one attached hydrogen (secondary N) is 2. The topological polar surface area (TPSA) is 109 Å². The zero-order chi connectivity index (χ0) is 20.6. The molecule has 1 amide bonds. The van der Waals surface area contributed by atoms with Crippen LogP contribution in [0.5, 0.6) is 0 Å². The van der Waals surface area contributed by atoms with Gasteiger partial charge >= 0.3 is 0 Å². The van der Waals surface area contributed by atoms with Gasteiger partial charge in [0, 0.05) is 48.4 Å². The monoisotopic (exact) mass is 543 g/mol. The number of hydrogen-bond donors (Lipinski definition) is 3. The van der Waals surface area contributed by atoms with Crippen LogP contribution in [0.25, 0.3) is 0 Å². The lowest BCUT2D eigenvalue weighted by Crippen LogP contribution is -2.39. The van der Waals surface area contributed by atoms with Crippen LogP contribution < -0.4 is 21.3 Å². The average Bonchev–Trinajstić information content (AvgIpc) is 3.15. The molecule has 1 aliphatic heterocycles. The predicted molar refractivity (Wildman–Crippen MR) is 132 cm³/mol. The second-order valence-corrected chi connectivity index (χ2v) is 8.38. The van der Waals surface area contributed by atoms with Gasteiger partial charge in [0.2, 0.25) is 5.91 Å². The van der Waals surface area contributed by atoms with E-state index >= 15 is 0 Å². The molecule has 2 aromatic rings. The van der Waals surface area contributed by atoms with E-state index in [0.29, 0.717) is 13.1 Å². The number of nitrogens with two attached hydrogens (primary N) is 1. The number of amides is 1. The van der Waals surface area contributed by atoms with Gasteiger partial charge in [-0.2, -0.15) is 0 Å². The number of primary amides is 1. The summed E-state index contributed by atoms with van der Waals surface area (Å²) < 4.78 is 0. The Labute approximate surface area is 198 Å². The van der Waals surface area contributed by atoms with E-state index in [1.165, 1.54) is 4.88 Å². The van der Waals surface area contributed by atoms with E-state index < -0.39 is 0 Å². The van der Waals surface area contributed by atoms with Crippen LogP contribution in [0.3, 0.4) is 0 Å². The Hall–Kier alpha value is -1.95. The van der Waals surface area contributed by atoms with Gasteiger partial charge in [-0.1, -0.05) is 6.07 Å². The second-order valence-electron chi connectivity index (χ2n) is 7.06. The van der Waals surface area contributed by atoms with Crippen LogP contribution in [0, 0.1) is 12.8 Å². The summed E-state index contributed by atoms with van der Waals surface area (Å²) in [5.74, 6) is 1.45. The molecule has 0 unspecified atom stereocenters. The van der Waals surface area contributed by atoms with Crippen molar-refractivity contribution in [1.29, 1.82) is 0 Å². The fraction of sp³-hybridized carbons (Fsp3) is 0.500. The molecule has 2 aromatic heterocycles. The highest BCUT2D eigenvalue weighted by atomic mass is 127. The number of halogens is 1. The Morgan fingerprint density at radius 2 is 2.10 bits per heavy atom. The summed E-state index contributed by atoms with van der Waals surface area (Å²) >= 11 is 1.68. The summed E-state index contributed by atoms with van der Waals surface area (Å²) in [6.45, 7) is 7.60. The highest BCUT2D eigenvalue weighted by Crippen LogP contribution is 2.24. The smallest absolute Gasteiger partial charge is 0.220 e. The number of aryl methyl sites for hydroxylation is 1. The molecule has 0 aliphatic carbocycles. The SMILES string of the molecule is CCNC(=NCc1cccnc1N1CCC(C(N)=O)CC1)NCc1ncc(C)s1.I. The third kappa shape index (κ3) is 6.79. The minimum absolute atomic E-state index is 0. The van der Waals surface area contributed by atoms with E-state index in [-0.39, 0.29) is 35.8 Å². The first-order valence-electron chi connectivity index (χ1n) is 9.98. The zero-order valence-electron chi connectivity index (χ0n) is 17.4. The molecule has 0 saturated carbocycles. The molecule has 1 aliphatic rings. The number of pyridine rings is 1. The number of piperidine rings is 1. The van der Waals surface area contributed by atoms with Gasteiger partial charge in [-0.3, -0.25) is 4.79 Å². The van der Waals surface area contributed by atoms with Crippen LogP contribution in [-0.4, -0.2) is 41.5 Å². The number of anilines is 1. The fourth-order valence-corrected chi connectivity index (χ4v) is 4.09. The quantitative estimate of drug-likeness (QED) is 0.281. The largest absolute Gasteiger partial charge is 0.369 e. The van der Waals surface area contributed by atoms with Crippen molar-refractivity contribution in [3.05, 3.63) is 40.0 Å². The second kappa shape index (κ2) is 12.0.